The number of carboxylic acid groups (broad SMARTS) is 1. The van der Waals surface area contributed by atoms with Gasteiger partial charge in [-0.15, -0.1) is 0 Å². The minimum absolute atomic E-state index is 0.118. The molecule has 0 saturated heterocycles. The highest BCUT2D eigenvalue weighted by Crippen LogP contribution is 2.22. The van der Waals surface area contributed by atoms with E-state index in [0.717, 1.165) is 0 Å². The molecule has 0 bridgehead atoms. The maximum atomic E-state index is 10.7. The Morgan fingerprint density at radius 1 is 1.57 bits per heavy atom. The van der Waals surface area contributed by atoms with E-state index in [9.17, 15) is 14.9 Å². The number of nitrogens with zero attached hydrogens (tertiary/aromatic N) is 2. The molecule has 0 unspecified atom stereocenters. The van der Waals surface area contributed by atoms with Crippen molar-refractivity contribution in [3.63, 3.8) is 0 Å². The van der Waals surface area contributed by atoms with Gasteiger partial charge in [-0.1, -0.05) is 0 Å². The van der Waals surface area contributed by atoms with Gasteiger partial charge in [0, 0.05) is 5.69 Å². The largest absolute Gasteiger partial charge is 0.477 e. The number of rotatable bonds is 2. The summed E-state index contributed by atoms with van der Waals surface area (Å²) in [6.07, 6.45) is 0. The normalized spacial score (nSPS) is 9.86. The van der Waals surface area contributed by atoms with Crippen LogP contribution < -0.4 is 0 Å². The zero-order chi connectivity index (χ0) is 10.9. The molecule has 0 amide bonds. The van der Waals surface area contributed by atoms with Gasteiger partial charge in [-0.3, -0.25) is 15.1 Å². The average molecular weight is 196 g/mol. The number of hydrogen-bond donors (Lipinski definition) is 1. The van der Waals surface area contributed by atoms with Crippen LogP contribution >= 0.6 is 0 Å². The third-order valence-electron chi connectivity index (χ3n) is 1.71. The van der Waals surface area contributed by atoms with E-state index < -0.39 is 16.6 Å². The van der Waals surface area contributed by atoms with Crippen LogP contribution in [0.5, 0.6) is 0 Å². The predicted octanol–water partition coefficient (Wildman–Crippen LogP) is 1.30. The molecule has 0 atom stereocenters. The second-order valence-corrected chi connectivity index (χ2v) is 2.81. The summed E-state index contributed by atoms with van der Waals surface area (Å²) in [6, 6.07) is 1.19. The zero-order valence-corrected chi connectivity index (χ0v) is 7.64. The van der Waals surface area contributed by atoms with Gasteiger partial charge in [0.15, 0.2) is 0 Å². The second-order valence-electron chi connectivity index (χ2n) is 2.81. The number of aromatic nitrogens is 1. The molecular weight excluding hydrogens is 188 g/mol. The van der Waals surface area contributed by atoms with Crippen LogP contribution in [0.4, 0.5) is 5.69 Å². The molecule has 1 heterocycles. The van der Waals surface area contributed by atoms with Gasteiger partial charge in [0.25, 0.3) is 0 Å². The van der Waals surface area contributed by atoms with Crippen molar-refractivity contribution in [3.05, 3.63) is 33.1 Å². The van der Waals surface area contributed by atoms with Crippen molar-refractivity contribution >= 4 is 11.7 Å². The summed E-state index contributed by atoms with van der Waals surface area (Å²) >= 11 is 0. The Hall–Kier alpha value is -1.98. The lowest BCUT2D eigenvalue weighted by molar-refractivity contribution is -0.386. The molecule has 0 aromatic carbocycles. The van der Waals surface area contributed by atoms with Crippen molar-refractivity contribution in [1.82, 2.24) is 4.98 Å². The van der Waals surface area contributed by atoms with E-state index in [1.807, 2.05) is 0 Å². The molecule has 1 rings (SSSR count). The highest BCUT2D eigenvalue weighted by Gasteiger charge is 2.23. The second kappa shape index (κ2) is 3.41. The van der Waals surface area contributed by atoms with Crippen molar-refractivity contribution < 1.29 is 14.8 Å². The molecule has 74 valence electrons. The molecule has 1 N–H and O–H groups in total. The summed E-state index contributed by atoms with van der Waals surface area (Å²) in [5.41, 5.74) is -0.194. The molecule has 0 aliphatic carbocycles. The van der Waals surface area contributed by atoms with Gasteiger partial charge in [-0.2, -0.15) is 0 Å². The molecule has 0 aliphatic heterocycles. The van der Waals surface area contributed by atoms with E-state index in [0.29, 0.717) is 5.69 Å². The highest BCUT2D eigenvalue weighted by molar-refractivity contribution is 5.92. The number of aromatic carboxylic acids is 1. The molecule has 1 aromatic heterocycles. The van der Waals surface area contributed by atoms with Gasteiger partial charge in [0.1, 0.15) is 11.3 Å². The Morgan fingerprint density at radius 2 is 2.14 bits per heavy atom. The van der Waals surface area contributed by atoms with Crippen molar-refractivity contribution in [3.8, 4) is 0 Å². The third kappa shape index (κ3) is 1.68. The maximum Gasteiger partial charge on any atom is 0.342 e. The molecule has 0 radical (unpaired) electrons. The summed E-state index contributed by atoms with van der Waals surface area (Å²) < 4.78 is 0. The first-order valence-electron chi connectivity index (χ1n) is 3.79. The Kier molecular flexibility index (Phi) is 2.46. The number of pyridine rings is 1. The summed E-state index contributed by atoms with van der Waals surface area (Å²) in [5.74, 6) is -1.31. The Morgan fingerprint density at radius 3 is 2.57 bits per heavy atom. The predicted molar refractivity (Wildman–Crippen MR) is 47.3 cm³/mol. The van der Waals surface area contributed by atoms with Crippen molar-refractivity contribution in [2.45, 2.75) is 13.8 Å². The lowest BCUT2D eigenvalue weighted by Crippen LogP contribution is -2.06. The van der Waals surface area contributed by atoms with Crippen LogP contribution in [-0.4, -0.2) is 21.0 Å². The molecule has 0 spiro atoms. The van der Waals surface area contributed by atoms with E-state index >= 15 is 0 Å². The first kappa shape index (κ1) is 10.1. The zero-order valence-electron chi connectivity index (χ0n) is 7.64. The van der Waals surface area contributed by atoms with Gasteiger partial charge in [0.2, 0.25) is 0 Å². The minimum atomic E-state index is -1.31. The van der Waals surface area contributed by atoms with E-state index in [-0.39, 0.29) is 11.3 Å². The maximum absolute atomic E-state index is 10.7. The van der Waals surface area contributed by atoms with Crippen LogP contribution in [0.1, 0.15) is 21.7 Å². The van der Waals surface area contributed by atoms with E-state index in [1.54, 1.807) is 6.92 Å². The monoisotopic (exact) mass is 196 g/mol. The molecule has 0 saturated carbocycles. The Balaban J connectivity index is 3.52. The molecule has 1 aromatic rings. The average Bonchev–Trinajstić information content (AvgIpc) is 2.01. The highest BCUT2D eigenvalue weighted by atomic mass is 16.6. The lowest BCUT2D eigenvalue weighted by Gasteiger charge is -2.01. The number of carboxylic acids is 1. The van der Waals surface area contributed by atoms with Crippen LogP contribution in [0.15, 0.2) is 6.07 Å². The van der Waals surface area contributed by atoms with Crippen molar-refractivity contribution in [1.29, 1.82) is 0 Å². The van der Waals surface area contributed by atoms with Crippen LogP contribution in [0, 0.1) is 24.0 Å². The van der Waals surface area contributed by atoms with Gasteiger partial charge < -0.3 is 5.11 Å². The van der Waals surface area contributed by atoms with Crippen LogP contribution in [-0.2, 0) is 0 Å². The van der Waals surface area contributed by atoms with Gasteiger partial charge >= 0.3 is 11.7 Å². The molecule has 14 heavy (non-hydrogen) atoms. The van der Waals surface area contributed by atoms with E-state index in [2.05, 4.69) is 4.98 Å². The molecule has 6 heteroatoms. The first-order valence-corrected chi connectivity index (χ1v) is 3.79. The van der Waals surface area contributed by atoms with Crippen molar-refractivity contribution in [2.24, 2.45) is 0 Å². The summed E-state index contributed by atoms with van der Waals surface area (Å²) in [7, 11) is 0. The summed E-state index contributed by atoms with van der Waals surface area (Å²) in [4.78, 5) is 24.4. The van der Waals surface area contributed by atoms with Crippen LogP contribution in [0.3, 0.4) is 0 Å². The number of nitro groups is 1. The summed E-state index contributed by atoms with van der Waals surface area (Å²) in [5, 5.41) is 19.3. The van der Waals surface area contributed by atoms with Gasteiger partial charge in [-0.05, 0) is 19.9 Å². The number of aryl methyl sites for hydroxylation is 2. The quantitative estimate of drug-likeness (QED) is 0.568. The smallest absolute Gasteiger partial charge is 0.342 e. The summed E-state index contributed by atoms with van der Waals surface area (Å²) in [6.45, 7) is 3.00. The fourth-order valence-electron chi connectivity index (χ4n) is 1.22. The fourth-order valence-corrected chi connectivity index (χ4v) is 1.22. The molecule has 0 fully saturated rings. The molecular formula is C8H8N2O4. The van der Waals surface area contributed by atoms with E-state index in [4.69, 9.17) is 5.11 Å². The minimum Gasteiger partial charge on any atom is -0.477 e. The van der Waals surface area contributed by atoms with Gasteiger partial charge in [-0.25, -0.2) is 4.79 Å². The standard InChI is InChI=1S/C8H8N2O4/c1-4-3-6(8(11)12)7(10(13)14)5(2)9-4/h3H,1-2H3,(H,11,12). The van der Waals surface area contributed by atoms with Crippen LogP contribution in [0.25, 0.3) is 0 Å². The fraction of sp³-hybridized carbons (Fsp3) is 0.250. The number of carbonyl (C=O) groups is 1. The lowest BCUT2D eigenvalue weighted by atomic mass is 10.1. The van der Waals surface area contributed by atoms with Crippen LogP contribution in [0.2, 0.25) is 0 Å². The topological polar surface area (TPSA) is 93.3 Å². The van der Waals surface area contributed by atoms with Crippen molar-refractivity contribution in [2.75, 3.05) is 0 Å². The van der Waals surface area contributed by atoms with Gasteiger partial charge in [0.05, 0.1) is 4.92 Å². The SMILES string of the molecule is Cc1cc(C(=O)O)c([N+](=O)[O-])c(C)n1. The first-order chi connectivity index (χ1) is 6.43. The van der Waals surface area contributed by atoms with E-state index in [1.165, 1.54) is 13.0 Å². The Labute approximate surface area is 79.4 Å². The molecule has 6 nitrogen and oxygen atoms in total. The number of hydrogen-bond acceptors (Lipinski definition) is 4. The Bertz CT molecular complexity index is 414. The third-order valence-corrected chi connectivity index (χ3v) is 1.71. The molecule has 0 aliphatic rings.